The number of carbonyl (C=O) groups excluding carboxylic acids is 1. The summed E-state index contributed by atoms with van der Waals surface area (Å²) in [5.41, 5.74) is 0.0551. The summed E-state index contributed by atoms with van der Waals surface area (Å²) >= 11 is 0. The Bertz CT molecular complexity index is 316. The van der Waals surface area contributed by atoms with Gasteiger partial charge < -0.3 is 9.72 Å². The SMILES string of the molecule is COc1cc(C=O)c[nH]c1=O. The number of aromatic nitrogens is 1. The molecule has 0 fully saturated rings. The van der Waals surface area contributed by atoms with Gasteiger partial charge in [-0.15, -0.1) is 0 Å². The van der Waals surface area contributed by atoms with E-state index in [2.05, 4.69) is 9.72 Å². The molecule has 0 radical (unpaired) electrons. The van der Waals surface area contributed by atoms with Crippen molar-refractivity contribution >= 4 is 6.29 Å². The van der Waals surface area contributed by atoms with Gasteiger partial charge in [-0.1, -0.05) is 0 Å². The van der Waals surface area contributed by atoms with Gasteiger partial charge in [0.25, 0.3) is 5.56 Å². The fourth-order valence-electron chi connectivity index (χ4n) is 0.698. The van der Waals surface area contributed by atoms with Crippen LogP contribution in [0.25, 0.3) is 0 Å². The molecule has 1 rings (SSSR count). The molecule has 0 bridgehead atoms. The zero-order valence-corrected chi connectivity index (χ0v) is 5.96. The van der Waals surface area contributed by atoms with Gasteiger partial charge in [-0.25, -0.2) is 0 Å². The first-order chi connectivity index (χ1) is 5.27. The maximum Gasteiger partial charge on any atom is 0.290 e. The highest BCUT2D eigenvalue weighted by Crippen LogP contribution is 2.01. The molecule has 1 aromatic rings. The molecule has 0 atom stereocenters. The molecule has 58 valence electrons. The first kappa shape index (κ1) is 7.53. The fourth-order valence-corrected chi connectivity index (χ4v) is 0.698. The number of rotatable bonds is 2. The van der Waals surface area contributed by atoms with E-state index in [1.165, 1.54) is 19.4 Å². The van der Waals surface area contributed by atoms with E-state index in [9.17, 15) is 9.59 Å². The van der Waals surface area contributed by atoms with Crippen LogP contribution in [0.3, 0.4) is 0 Å². The number of aldehydes is 1. The number of H-pyrrole nitrogens is 1. The van der Waals surface area contributed by atoms with Crippen molar-refractivity contribution in [2.24, 2.45) is 0 Å². The molecular formula is C7H7NO3. The molecule has 0 saturated heterocycles. The van der Waals surface area contributed by atoms with Crippen LogP contribution in [0.5, 0.6) is 5.75 Å². The second kappa shape index (κ2) is 3.01. The van der Waals surface area contributed by atoms with Crippen molar-refractivity contribution in [3.8, 4) is 5.75 Å². The summed E-state index contributed by atoms with van der Waals surface area (Å²) in [6.45, 7) is 0. The second-order valence-corrected chi connectivity index (χ2v) is 1.95. The average molecular weight is 153 g/mol. The van der Waals surface area contributed by atoms with Gasteiger partial charge in [0.1, 0.15) is 0 Å². The smallest absolute Gasteiger partial charge is 0.290 e. The molecule has 0 amide bonds. The van der Waals surface area contributed by atoms with Crippen LogP contribution in [0.1, 0.15) is 10.4 Å². The van der Waals surface area contributed by atoms with Crippen LogP contribution in [-0.4, -0.2) is 18.4 Å². The van der Waals surface area contributed by atoms with Crippen molar-refractivity contribution in [2.75, 3.05) is 7.11 Å². The van der Waals surface area contributed by atoms with Gasteiger partial charge in [0.15, 0.2) is 12.0 Å². The Morgan fingerprint density at radius 1 is 1.64 bits per heavy atom. The van der Waals surface area contributed by atoms with Crippen molar-refractivity contribution in [2.45, 2.75) is 0 Å². The van der Waals surface area contributed by atoms with E-state index < -0.39 is 0 Å². The van der Waals surface area contributed by atoms with Crippen molar-refractivity contribution < 1.29 is 9.53 Å². The summed E-state index contributed by atoms with van der Waals surface area (Å²) in [5, 5.41) is 0. The third-order valence-corrected chi connectivity index (χ3v) is 1.25. The molecule has 0 aliphatic heterocycles. The number of aromatic amines is 1. The van der Waals surface area contributed by atoms with Crippen LogP contribution < -0.4 is 10.3 Å². The normalized spacial score (nSPS) is 9.18. The lowest BCUT2D eigenvalue weighted by Gasteiger charge is -1.96. The fraction of sp³-hybridized carbons (Fsp3) is 0.143. The standard InChI is InChI=1S/C7H7NO3/c1-11-6-2-5(4-9)3-8-7(6)10/h2-4H,1H3,(H,8,10). The van der Waals surface area contributed by atoms with Gasteiger partial charge in [0.2, 0.25) is 0 Å². The third kappa shape index (κ3) is 1.46. The first-order valence-corrected chi connectivity index (χ1v) is 3.00. The summed E-state index contributed by atoms with van der Waals surface area (Å²) in [5.74, 6) is 0.148. The molecule has 11 heavy (non-hydrogen) atoms. The van der Waals surface area contributed by atoms with E-state index in [1.54, 1.807) is 0 Å². The lowest BCUT2D eigenvalue weighted by molar-refractivity contribution is 0.112. The number of methoxy groups -OCH3 is 1. The van der Waals surface area contributed by atoms with Gasteiger partial charge in [-0.05, 0) is 6.07 Å². The summed E-state index contributed by atoms with van der Waals surface area (Å²) < 4.78 is 4.68. The Balaban J connectivity index is 3.23. The van der Waals surface area contributed by atoms with Crippen molar-refractivity contribution in [3.63, 3.8) is 0 Å². The molecular weight excluding hydrogens is 146 g/mol. The van der Waals surface area contributed by atoms with Crippen LogP contribution in [0.4, 0.5) is 0 Å². The first-order valence-electron chi connectivity index (χ1n) is 3.00. The summed E-state index contributed by atoms with van der Waals surface area (Å²) in [6, 6.07) is 1.38. The van der Waals surface area contributed by atoms with Crippen LogP contribution in [0.15, 0.2) is 17.1 Å². The van der Waals surface area contributed by atoms with Gasteiger partial charge in [-0.3, -0.25) is 9.59 Å². The van der Waals surface area contributed by atoms with E-state index in [0.717, 1.165) is 0 Å². The molecule has 1 heterocycles. The number of pyridine rings is 1. The molecule has 4 heteroatoms. The van der Waals surface area contributed by atoms with E-state index in [1.807, 2.05) is 0 Å². The van der Waals surface area contributed by atoms with Crippen LogP contribution in [-0.2, 0) is 0 Å². The highest BCUT2D eigenvalue weighted by Gasteiger charge is 1.98. The van der Waals surface area contributed by atoms with E-state index in [-0.39, 0.29) is 11.3 Å². The summed E-state index contributed by atoms with van der Waals surface area (Å²) in [4.78, 5) is 23.4. The third-order valence-electron chi connectivity index (χ3n) is 1.25. The number of hydrogen-bond acceptors (Lipinski definition) is 3. The molecule has 0 spiro atoms. The molecule has 0 aliphatic rings. The Kier molecular flexibility index (Phi) is 2.06. The number of hydrogen-bond donors (Lipinski definition) is 1. The zero-order valence-electron chi connectivity index (χ0n) is 5.96. The van der Waals surface area contributed by atoms with E-state index in [0.29, 0.717) is 11.8 Å². The van der Waals surface area contributed by atoms with Gasteiger partial charge in [0.05, 0.1) is 7.11 Å². The Morgan fingerprint density at radius 2 is 2.36 bits per heavy atom. The monoisotopic (exact) mass is 153 g/mol. The molecule has 1 aromatic heterocycles. The number of ether oxygens (including phenoxy) is 1. The molecule has 0 aliphatic carbocycles. The minimum atomic E-state index is -0.335. The van der Waals surface area contributed by atoms with Crippen LogP contribution in [0, 0.1) is 0 Å². The molecule has 0 unspecified atom stereocenters. The lowest BCUT2D eigenvalue weighted by Crippen LogP contribution is -2.08. The maximum absolute atomic E-state index is 10.8. The Morgan fingerprint density at radius 3 is 2.91 bits per heavy atom. The second-order valence-electron chi connectivity index (χ2n) is 1.95. The van der Waals surface area contributed by atoms with Gasteiger partial charge in [-0.2, -0.15) is 0 Å². The van der Waals surface area contributed by atoms with Crippen molar-refractivity contribution in [1.29, 1.82) is 0 Å². The van der Waals surface area contributed by atoms with Crippen molar-refractivity contribution in [1.82, 2.24) is 4.98 Å². The quantitative estimate of drug-likeness (QED) is 0.617. The predicted molar refractivity (Wildman–Crippen MR) is 39.0 cm³/mol. The highest BCUT2D eigenvalue weighted by atomic mass is 16.5. The van der Waals surface area contributed by atoms with Crippen molar-refractivity contribution in [3.05, 3.63) is 28.2 Å². The Labute approximate surface area is 62.8 Å². The lowest BCUT2D eigenvalue weighted by atomic mass is 10.3. The van der Waals surface area contributed by atoms with Crippen LogP contribution in [0.2, 0.25) is 0 Å². The van der Waals surface area contributed by atoms with Gasteiger partial charge >= 0.3 is 0 Å². The summed E-state index contributed by atoms with van der Waals surface area (Å²) in [7, 11) is 1.37. The van der Waals surface area contributed by atoms with E-state index >= 15 is 0 Å². The minimum absolute atomic E-state index is 0.148. The topological polar surface area (TPSA) is 59.2 Å². The number of nitrogens with one attached hydrogen (secondary N) is 1. The molecule has 4 nitrogen and oxygen atoms in total. The molecule has 0 aromatic carbocycles. The number of carbonyl (C=O) groups is 1. The molecule has 1 N–H and O–H groups in total. The summed E-state index contributed by atoms with van der Waals surface area (Å²) in [6.07, 6.45) is 1.97. The highest BCUT2D eigenvalue weighted by molar-refractivity contribution is 5.74. The van der Waals surface area contributed by atoms with Gasteiger partial charge in [0, 0.05) is 11.8 Å². The maximum atomic E-state index is 10.8. The molecule has 0 saturated carbocycles. The largest absolute Gasteiger partial charge is 0.491 e. The minimum Gasteiger partial charge on any atom is -0.491 e. The predicted octanol–water partition coefficient (Wildman–Crippen LogP) is 0.196. The Hall–Kier alpha value is -1.58. The average Bonchev–Trinajstić information content (AvgIpc) is 2.05. The van der Waals surface area contributed by atoms with Crippen LogP contribution >= 0.6 is 0 Å². The van der Waals surface area contributed by atoms with E-state index in [4.69, 9.17) is 0 Å². The zero-order chi connectivity index (χ0) is 8.27.